The first-order valence-corrected chi connectivity index (χ1v) is 11.4. The molecule has 5 nitrogen and oxygen atoms in total. The smallest absolute Gasteiger partial charge is 0.308 e. The fraction of sp³-hybridized carbons (Fsp3) is 0.720. The quantitative estimate of drug-likeness (QED) is 0.710. The predicted octanol–water partition coefficient (Wildman–Crippen LogP) is 3.65. The van der Waals surface area contributed by atoms with Gasteiger partial charge in [0.05, 0.1) is 12.0 Å². The third-order valence-electron chi connectivity index (χ3n) is 8.71. The number of carbonyl (C=O) groups is 3. The second-order valence-corrected chi connectivity index (χ2v) is 10.7. The van der Waals surface area contributed by atoms with E-state index < -0.39 is 6.10 Å². The van der Waals surface area contributed by atoms with Gasteiger partial charge in [-0.15, -0.1) is 0 Å². The molecule has 0 bridgehead atoms. The van der Waals surface area contributed by atoms with Gasteiger partial charge in [-0.3, -0.25) is 14.4 Å². The highest BCUT2D eigenvalue weighted by Gasteiger charge is 2.62. The largest absolute Gasteiger partial charge is 0.457 e. The van der Waals surface area contributed by atoms with E-state index in [0.29, 0.717) is 18.3 Å². The summed E-state index contributed by atoms with van der Waals surface area (Å²) in [5.74, 6) is 0.0372. The Labute approximate surface area is 178 Å². The van der Waals surface area contributed by atoms with Crippen molar-refractivity contribution < 1.29 is 24.2 Å². The van der Waals surface area contributed by atoms with E-state index in [2.05, 4.69) is 13.8 Å². The Morgan fingerprint density at radius 2 is 1.97 bits per heavy atom. The van der Waals surface area contributed by atoms with Crippen LogP contribution in [0.3, 0.4) is 0 Å². The Hall–Kier alpha value is -1.75. The molecule has 4 aliphatic carbocycles. The number of rotatable bonds is 4. The van der Waals surface area contributed by atoms with E-state index in [1.54, 1.807) is 26.0 Å². The van der Waals surface area contributed by atoms with E-state index in [1.807, 2.05) is 6.08 Å². The molecule has 0 aromatic heterocycles. The summed E-state index contributed by atoms with van der Waals surface area (Å²) in [4.78, 5) is 36.7. The van der Waals surface area contributed by atoms with Crippen LogP contribution < -0.4 is 0 Å². The van der Waals surface area contributed by atoms with Crippen molar-refractivity contribution in [1.29, 1.82) is 0 Å². The number of aliphatic hydroxyl groups excluding tert-OH is 1. The molecule has 164 valence electrons. The van der Waals surface area contributed by atoms with Crippen molar-refractivity contribution in [3.63, 3.8) is 0 Å². The number of ether oxygens (including phenoxy) is 1. The zero-order valence-electron chi connectivity index (χ0n) is 18.5. The molecule has 3 fully saturated rings. The maximum Gasteiger partial charge on any atom is 0.308 e. The van der Waals surface area contributed by atoms with E-state index in [4.69, 9.17) is 4.74 Å². The number of allylic oxidation sites excluding steroid dienone is 4. The van der Waals surface area contributed by atoms with Crippen LogP contribution in [0.2, 0.25) is 0 Å². The lowest BCUT2D eigenvalue weighted by Gasteiger charge is -2.58. The van der Waals surface area contributed by atoms with Crippen molar-refractivity contribution >= 4 is 17.5 Å². The number of Topliss-reactive ketones (excluding diaryl/α,β-unsaturated/α-hetero) is 1. The van der Waals surface area contributed by atoms with E-state index >= 15 is 0 Å². The molecular formula is C25H34O5. The molecule has 1 N–H and O–H groups in total. The second kappa shape index (κ2) is 7.44. The summed E-state index contributed by atoms with van der Waals surface area (Å²) < 4.78 is 5.23. The summed E-state index contributed by atoms with van der Waals surface area (Å²) in [6.45, 7) is 7.68. The molecule has 4 rings (SSSR count). The van der Waals surface area contributed by atoms with Crippen LogP contribution >= 0.6 is 0 Å². The summed E-state index contributed by atoms with van der Waals surface area (Å²) in [6.07, 6.45) is 9.07. The molecule has 5 heteroatoms. The minimum absolute atomic E-state index is 0.00888. The van der Waals surface area contributed by atoms with Gasteiger partial charge in [0, 0.05) is 17.3 Å². The lowest BCUT2D eigenvalue weighted by molar-refractivity contribution is -0.155. The Morgan fingerprint density at radius 1 is 1.23 bits per heavy atom. The molecule has 0 heterocycles. The Balaban J connectivity index is 1.56. The molecule has 3 saturated carbocycles. The third-order valence-corrected chi connectivity index (χ3v) is 8.71. The Bertz CT molecular complexity index is 823. The first kappa shape index (κ1) is 21.5. The van der Waals surface area contributed by atoms with Crippen LogP contribution in [0.15, 0.2) is 23.8 Å². The number of esters is 1. The number of fused-ring (bicyclic) bond motifs is 5. The fourth-order valence-electron chi connectivity index (χ4n) is 7.26. The number of hydrogen-bond acceptors (Lipinski definition) is 5. The summed E-state index contributed by atoms with van der Waals surface area (Å²) in [7, 11) is 0. The molecule has 4 aliphatic rings. The van der Waals surface area contributed by atoms with E-state index in [9.17, 15) is 19.5 Å². The van der Waals surface area contributed by atoms with E-state index in [0.717, 1.165) is 31.3 Å². The minimum Gasteiger partial charge on any atom is -0.457 e. The minimum atomic E-state index is -0.519. The van der Waals surface area contributed by atoms with Crippen LogP contribution in [0.5, 0.6) is 0 Å². The molecule has 7 atom stereocenters. The molecule has 7 unspecified atom stereocenters. The molecule has 0 amide bonds. The first-order chi connectivity index (χ1) is 14.1. The predicted molar refractivity (Wildman–Crippen MR) is 112 cm³/mol. The van der Waals surface area contributed by atoms with Gasteiger partial charge in [0.1, 0.15) is 6.61 Å². The van der Waals surface area contributed by atoms with Crippen LogP contribution in [0.4, 0.5) is 0 Å². The van der Waals surface area contributed by atoms with Gasteiger partial charge in [-0.25, -0.2) is 0 Å². The summed E-state index contributed by atoms with van der Waals surface area (Å²) in [6, 6.07) is 0. The van der Waals surface area contributed by atoms with Gasteiger partial charge < -0.3 is 9.84 Å². The van der Waals surface area contributed by atoms with Crippen LogP contribution in [0.25, 0.3) is 0 Å². The molecule has 0 radical (unpaired) electrons. The number of ketones is 2. The molecular weight excluding hydrogens is 380 g/mol. The number of hydrogen-bond donors (Lipinski definition) is 1. The van der Waals surface area contributed by atoms with Crippen molar-refractivity contribution in [1.82, 2.24) is 0 Å². The normalized spacial score (nSPS) is 42.3. The van der Waals surface area contributed by atoms with Gasteiger partial charge in [0.15, 0.2) is 11.6 Å². The van der Waals surface area contributed by atoms with Crippen LogP contribution in [0, 0.1) is 40.4 Å². The fourth-order valence-corrected chi connectivity index (χ4v) is 7.26. The van der Waals surface area contributed by atoms with Crippen molar-refractivity contribution in [3.8, 4) is 0 Å². The van der Waals surface area contributed by atoms with Gasteiger partial charge in [-0.2, -0.15) is 0 Å². The average Bonchev–Trinajstić information content (AvgIpc) is 3.02. The summed E-state index contributed by atoms with van der Waals surface area (Å²) >= 11 is 0. The highest BCUT2D eigenvalue weighted by atomic mass is 16.5. The second-order valence-electron chi connectivity index (χ2n) is 10.7. The van der Waals surface area contributed by atoms with Gasteiger partial charge in [0.2, 0.25) is 0 Å². The SMILES string of the molecule is CC(C)C(=O)OCC(=O)C1CCC2C3CCC4=CC(=O)C=CC4(C)C3C(O)CC12C. The monoisotopic (exact) mass is 414 g/mol. The van der Waals surface area contributed by atoms with Crippen LogP contribution in [0.1, 0.15) is 59.8 Å². The topological polar surface area (TPSA) is 80.7 Å². The highest BCUT2D eigenvalue weighted by molar-refractivity contribution is 6.01. The number of carbonyl (C=O) groups excluding carboxylic acids is 3. The average molecular weight is 415 g/mol. The van der Waals surface area contributed by atoms with Gasteiger partial charge in [-0.05, 0) is 61.5 Å². The number of aliphatic hydroxyl groups is 1. The first-order valence-electron chi connectivity index (χ1n) is 11.4. The van der Waals surface area contributed by atoms with Gasteiger partial charge in [-0.1, -0.05) is 39.3 Å². The maximum absolute atomic E-state index is 13.0. The maximum atomic E-state index is 13.0. The Kier molecular flexibility index (Phi) is 5.32. The van der Waals surface area contributed by atoms with E-state index in [-0.39, 0.29) is 52.7 Å². The van der Waals surface area contributed by atoms with Gasteiger partial charge >= 0.3 is 5.97 Å². The molecule has 0 aliphatic heterocycles. The van der Waals surface area contributed by atoms with Crippen LogP contribution in [-0.2, 0) is 19.1 Å². The zero-order chi connectivity index (χ0) is 21.8. The molecule has 0 aromatic carbocycles. The standard InChI is InChI=1S/C25H34O5/c1-14(2)23(29)30-13-21(28)19-8-7-18-17-6-5-15-11-16(26)9-10-24(15,3)22(17)20(27)12-25(18,19)4/h9-11,14,17-20,22,27H,5-8,12-13H2,1-4H3. The van der Waals surface area contributed by atoms with Crippen molar-refractivity contribution in [2.75, 3.05) is 6.61 Å². The summed E-state index contributed by atoms with van der Waals surface area (Å²) in [5, 5.41) is 11.3. The Morgan fingerprint density at radius 3 is 2.67 bits per heavy atom. The molecule has 30 heavy (non-hydrogen) atoms. The van der Waals surface area contributed by atoms with E-state index in [1.165, 1.54) is 0 Å². The molecule has 0 aromatic rings. The van der Waals surface area contributed by atoms with Gasteiger partial charge in [0.25, 0.3) is 0 Å². The zero-order valence-corrected chi connectivity index (χ0v) is 18.5. The lowest BCUT2D eigenvalue weighted by atomic mass is 9.46. The van der Waals surface area contributed by atoms with Crippen LogP contribution in [-0.4, -0.2) is 35.4 Å². The summed E-state index contributed by atoms with van der Waals surface area (Å²) in [5.41, 5.74) is 0.588. The third kappa shape index (κ3) is 3.21. The lowest BCUT2D eigenvalue weighted by Crippen LogP contribution is -2.56. The van der Waals surface area contributed by atoms with Crippen molar-refractivity contribution in [3.05, 3.63) is 23.8 Å². The van der Waals surface area contributed by atoms with Crippen molar-refractivity contribution in [2.45, 2.75) is 65.9 Å². The highest BCUT2D eigenvalue weighted by Crippen LogP contribution is 2.66. The molecule has 0 saturated heterocycles. The molecule has 0 spiro atoms. The van der Waals surface area contributed by atoms with Crippen molar-refractivity contribution in [2.24, 2.45) is 40.4 Å².